The lowest BCUT2D eigenvalue weighted by molar-refractivity contribution is -0.118. The number of fused-ring (bicyclic) bond motifs is 1. The molecule has 1 amide bonds. The third-order valence-electron chi connectivity index (χ3n) is 6.35. The van der Waals surface area contributed by atoms with Crippen LogP contribution in [-0.4, -0.2) is 17.5 Å². The number of nitrogens with one attached hydrogen (secondary N) is 1. The molecule has 4 aromatic rings. The van der Waals surface area contributed by atoms with E-state index in [0.29, 0.717) is 39.4 Å². The molecule has 1 fully saturated rings. The molecule has 1 N–H and O–H groups in total. The summed E-state index contributed by atoms with van der Waals surface area (Å²) in [4.78, 5) is 17.1. The van der Waals surface area contributed by atoms with Crippen molar-refractivity contribution in [2.24, 2.45) is 0 Å². The van der Waals surface area contributed by atoms with Gasteiger partial charge in [-0.15, -0.1) is 0 Å². The highest BCUT2D eigenvalue weighted by Gasteiger charge is 2.16. The van der Waals surface area contributed by atoms with E-state index in [1.165, 1.54) is 37.7 Å². The van der Waals surface area contributed by atoms with Crippen molar-refractivity contribution in [1.29, 1.82) is 0 Å². The summed E-state index contributed by atoms with van der Waals surface area (Å²) in [7, 11) is 0. The molecule has 0 aliphatic heterocycles. The summed E-state index contributed by atoms with van der Waals surface area (Å²) in [5, 5.41) is 3.36. The number of anilines is 1. The van der Waals surface area contributed by atoms with Crippen LogP contribution < -0.4 is 10.1 Å². The van der Waals surface area contributed by atoms with Gasteiger partial charge in [0.05, 0.1) is 10.6 Å². The monoisotopic (exact) mass is 474 g/mol. The molecule has 5 nitrogen and oxygen atoms in total. The van der Waals surface area contributed by atoms with Crippen LogP contribution in [0.3, 0.4) is 0 Å². The van der Waals surface area contributed by atoms with Gasteiger partial charge in [-0.25, -0.2) is 4.98 Å². The van der Waals surface area contributed by atoms with E-state index in [1.54, 1.807) is 18.2 Å². The lowest BCUT2D eigenvalue weighted by atomic mass is 9.84. The summed E-state index contributed by atoms with van der Waals surface area (Å²) in [5.41, 5.74) is 5.13. The van der Waals surface area contributed by atoms with Gasteiger partial charge >= 0.3 is 0 Å². The maximum Gasteiger partial charge on any atom is 0.262 e. The molecule has 1 aliphatic carbocycles. The number of benzene rings is 3. The quantitative estimate of drug-likeness (QED) is 0.314. The standard InChI is InChI=1S/C28H27ClN2O3/c1-18-7-14-26-25(15-18)31-28(34-26)23-16-21(10-13-24(23)29)30-27(32)17-33-22-11-8-20(9-12-22)19-5-3-2-4-6-19/h7-16,19H,2-6,17H2,1H3,(H,30,32). The Bertz CT molecular complexity index is 1310. The minimum atomic E-state index is -0.252. The van der Waals surface area contributed by atoms with E-state index in [9.17, 15) is 4.79 Å². The number of hydrogen-bond donors (Lipinski definition) is 1. The second-order valence-electron chi connectivity index (χ2n) is 8.93. The summed E-state index contributed by atoms with van der Waals surface area (Å²) in [6.45, 7) is 1.92. The summed E-state index contributed by atoms with van der Waals surface area (Å²) in [6.07, 6.45) is 6.48. The Morgan fingerprint density at radius 2 is 1.85 bits per heavy atom. The number of carbonyl (C=O) groups excluding carboxylic acids is 1. The van der Waals surface area contributed by atoms with Gasteiger partial charge in [0, 0.05) is 5.69 Å². The minimum Gasteiger partial charge on any atom is -0.484 e. The second kappa shape index (κ2) is 9.90. The maximum absolute atomic E-state index is 12.5. The van der Waals surface area contributed by atoms with E-state index >= 15 is 0 Å². The Morgan fingerprint density at radius 1 is 1.06 bits per heavy atom. The number of rotatable bonds is 6. The highest BCUT2D eigenvalue weighted by molar-refractivity contribution is 6.33. The van der Waals surface area contributed by atoms with Gasteiger partial charge in [-0.2, -0.15) is 0 Å². The Balaban J connectivity index is 1.22. The molecule has 0 saturated heterocycles. The van der Waals surface area contributed by atoms with Gasteiger partial charge in [-0.05, 0) is 79.3 Å². The van der Waals surface area contributed by atoms with Gasteiger partial charge in [-0.1, -0.05) is 49.1 Å². The van der Waals surface area contributed by atoms with Crippen molar-refractivity contribution >= 4 is 34.3 Å². The van der Waals surface area contributed by atoms with Crippen LogP contribution in [0.15, 0.2) is 65.1 Å². The number of ether oxygens (including phenoxy) is 1. The average Bonchev–Trinajstić information content (AvgIpc) is 3.28. The molecule has 1 aromatic heterocycles. The first kappa shape index (κ1) is 22.5. The topological polar surface area (TPSA) is 64.4 Å². The second-order valence-corrected chi connectivity index (χ2v) is 9.33. The molecule has 5 rings (SSSR count). The van der Waals surface area contributed by atoms with Crippen molar-refractivity contribution in [3.8, 4) is 17.2 Å². The Morgan fingerprint density at radius 3 is 2.65 bits per heavy atom. The van der Waals surface area contributed by atoms with Gasteiger partial charge in [0.25, 0.3) is 5.91 Å². The van der Waals surface area contributed by atoms with Crippen molar-refractivity contribution in [2.75, 3.05) is 11.9 Å². The third-order valence-corrected chi connectivity index (χ3v) is 6.68. The fourth-order valence-electron chi connectivity index (χ4n) is 4.54. The van der Waals surface area contributed by atoms with Crippen LogP contribution in [0.4, 0.5) is 5.69 Å². The van der Waals surface area contributed by atoms with Crippen LogP contribution >= 0.6 is 11.6 Å². The maximum atomic E-state index is 12.5. The fraction of sp³-hybridized carbons (Fsp3) is 0.286. The molecule has 1 heterocycles. The van der Waals surface area contributed by atoms with Crippen LogP contribution in [0.2, 0.25) is 5.02 Å². The van der Waals surface area contributed by atoms with Crippen molar-refractivity contribution in [1.82, 2.24) is 4.98 Å². The number of oxazole rings is 1. The lowest BCUT2D eigenvalue weighted by Crippen LogP contribution is -2.20. The van der Waals surface area contributed by atoms with E-state index in [0.717, 1.165) is 11.1 Å². The normalized spacial score (nSPS) is 14.3. The predicted molar refractivity (Wildman–Crippen MR) is 136 cm³/mol. The molecular weight excluding hydrogens is 448 g/mol. The van der Waals surface area contributed by atoms with Crippen LogP contribution in [0, 0.1) is 6.92 Å². The number of nitrogens with zero attached hydrogens (tertiary/aromatic N) is 1. The zero-order valence-corrected chi connectivity index (χ0v) is 19.9. The van der Waals surface area contributed by atoms with Gasteiger partial charge in [0.15, 0.2) is 12.2 Å². The number of halogens is 1. The van der Waals surface area contributed by atoms with Crippen molar-refractivity contribution in [3.05, 3.63) is 76.8 Å². The molecule has 0 spiro atoms. The molecule has 0 atom stereocenters. The van der Waals surface area contributed by atoms with Crippen LogP contribution in [0.1, 0.15) is 49.1 Å². The van der Waals surface area contributed by atoms with Gasteiger partial charge in [0.2, 0.25) is 5.89 Å². The van der Waals surface area contributed by atoms with Gasteiger partial charge < -0.3 is 14.5 Å². The summed E-state index contributed by atoms with van der Waals surface area (Å²) in [6, 6.07) is 19.2. The smallest absolute Gasteiger partial charge is 0.262 e. The first-order chi connectivity index (χ1) is 16.5. The Kier molecular flexibility index (Phi) is 6.54. The fourth-order valence-corrected chi connectivity index (χ4v) is 4.74. The summed E-state index contributed by atoms with van der Waals surface area (Å²) in [5.74, 6) is 1.50. The zero-order valence-electron chi connectivity index (χ0n) is 19.1. The average molecular weight is 475 g/mol. The highest BCUT2D eigenvalue weighted by Crippen LogP contribution is 2.34. The molecule has 174 valence electrons. The molecule has 34 heavy (non-hydrogen) atoms. The molecule has 6 heteroatoms. The summed E-state index contributed by atoms with van der Waals surface area (Å²) >= 11 is 6.40. The lowest BCUT2D eigenvalue weighted by Gasteiger charge is -2.22. The largest absolute Gasteiger partial charge is 0.484 e. The molecule has 1 saturated carbocycles. The number of aryl methyl sites for hydroxylation is 1. The number of amides is 1. The first-order valence-electron chi connectivity index (χ1n) is 11.7. The predicted octanol–water partition coefficient (Wildman–Crippen LogP) is 7.52. The summed E-state index contributed by atoms with van der Waals surface area (Å²) < 4.78 is 11.6. The number of carbonyl (C=O) groups is 1. The SMILES string of the molecule is Cc1ccc2oc(-c3cc(NC(=O)COc4ccc(C5CCCCC5)cc4)ccc3Cl)nc2c1. The molecule has 3 aromatic carbocycles. The molecule has 0 bridgehead atoms. The van der Waals surface area contributed by atoms with E-state index in [-0.39, 0.29) is 12.5 Å². The first-order valence-corrected chi connectivity index (χ1v) is 12.1. The Hall–Kier alpha value is -3.31. The van der Waals surface area contributed by atoms with Gasteiger partial charge in [-0.3, -0.25) is 4.79 Å². The van der Waals surface area contributed by atoms with E-state index < -0.39 is 0 Å². The van der Waals surface area contributed by atoms with Crippen molar-refractivity contribution in [3.63, 3.8) is 0 Å². The van der Waals surface area contributed by atoms with Crippen LogP contribution in [0.25, 0.3) is 22.6 Å². The Labute approximate surface area is 204 Å². The number of hydrogen-bond acceptors (Lipinski definition) is 4. The van der Waals surface area contributed by atoms with E-state index in [2.05, 4.69) is 22.4 Å². The molecule has 0 unspecified atom stereocenters. The van der Waals surface area contributed by atoms with E-state index in [1.807, 2.05) is 37.3 Å². The molecule has 0 radical (unpaired) electrons. The minimum absolute atomic E-state index is 0.0805. The van der Waals surface area contributed by atoms with Crippen molar-refractivity contribution < 1.29 is 13.9 Å². The third kappa shape index (κ3) is 5.10. The highest BCUT2D eigenvalue weighted by atomic mass is 35.5. The molecule has 1 aliphatic rings. The van der Waals surface area contributed by atoms with E-state index in [4.69, 9.17) is 20.8 Å². The van der Waals surface area contributed by atoms with Gasteiger partial charge in [0.1, 0.15) is 11.3 Å². The van der Waals surface area contributed by atoms with Crippen LogP contribution in [-0.2, 0) is 4.79 Å². The van der Waals surface area contributed by atoms with Crippen LogP contribution in [0.5, 0.6) is 5.75 Å². The molecular formula is C28H27ClN2O3. The van der Waals surface area contributed by atoms with Crippen molar-refractivity contribution in [2.45, 2.75) is 44.9 Å². The zero-order chi connectivity index (χ0) is 23.5. The number of aromatic nitrogens is 1.